The number of aromatic nitrogens is 2. The molecular formula is C11H18N4O. The van der Waals surface area contributed by atoms with Gasteiger partial charge in [-0.15, -0.1) is 0 Å². The molecule has 1 fully saturated rings. The molecule has 2 rings (SSSR count). The van der Waals surface area contributed by atoms with Crippen molar-refractivity contribution in [3.63, 3.8) is 0 Å². The Morgan fingerprint density at radius 2 is 2.56 bits per heavy atom. The number of hydrogen-bond acceptors (Lipinski definition) is 3. The van der Waals surface area contributed by atoms with E-state index < -0.39 is 0 Å². The van der Waals surface area contributed by atoms with E-state index in [9.17, 15) is 4.79 Å². The largest absolute Gasteiger partial charge is 0.353 e. The van der Waals surface area contributed by atoms with Crippen LogP contribution in [0.25, 0.3) is 0 Å². The number of hydrogen-bond donors (Lipinski definition) is 2. The Morgan fingerprint density at radius 1 is 1.69 bits per heavy atom. The van der Waals surface area contributed by atoms with Crippen molar-refractivity contribution in [2.75, 3.05) is 13.1 Å². The Bertz CT molecular complexity index is 336. The Balaban J connectivity index is 1.71. The second-order valence-electron chi connectivity index (χ2n) is 4.29. The van der Waals surface area contributed by atoms with Gasteiger partial charge in [-0.1, -0.05) is 6.92 Å². The zero-order chi connectivity index (χ0) is 11.4. The Hall–Kier alpha value is -1.36. The molecule has 5 heteroatoms. The summed E-state index contributed by atoms with van der Waals surface area (Å²) in [6.07, 6.45) is 6.47. The van der Waals surface area contributed by atoms with Crippen LogP contribution in [0, 0.1) is 5.92 Å². The van der Waals surface area contributed by atoms with E-state index in [1.165, 1.54) is 0 Å². The molecule has 88 valence electrons. The van der Waals surface area contributed by atoms with Crippen molar-refractivity contribution in [1.29, 1.82) is 0 Å². The van der Waals surface area contributed by atoms with E-state index in [0.29, 0.717) is 12.5 Å². The summed E-state index contributed by atoms with van der Waals surface area (Å²) in [7, 11) is 0. The van der Waals surface area contributed by atoms with Gasteiger partial charge in [-0.3, -0.25) is 4.79 Å². The molecule has 0 aromatic carbocycles. The summed E-state index contributed by atoms with van der Waals surface area (Å²) in [5.74, 6) is 0.554. The summed E-state index contributed by atoms with van der Waals surface area (Å²) >= 11 is 0. The SMILES string of the molecule is CC1CCNC1C(=O)NCCn1ccnc1. The quantitative estimate of drug-likeness (QED) is 0.753. The van der Waals surface area contributed by atoms with Gasteiger partial charge in [0.25, 0.3) is 0 Å². The van der Waals surface area contributed by atoms with Crippen molar-refractivity contribution in [1.82, 2.24) is 20.2 Å². The summed E-state index contributed by atoms with van der Waals surface area (Å²) < 4.78 is 1.95. The van der Waals surface area contributed by atoms with Crippen LogP contribution >= 0.6 is 0 Å². The molecule has 0 bridgehead atoms. The molecule has 0 radical (unpaired) electrons. The molecule has 0 spiro atoms. The fourth-order valence-electron chi connectivity index (χ4n) is 2.02. The van der Waals surface area contributed by atoms with Crippen molar-refractivity contribution in [3.05, 3.63) is 18.7 Å². The third-order valence-corrected chi connectivity index (χ3v) is 3.04. The zero-order valence-electron chi connectivity index (χ0n) is 9.52. The summed E-state index contributed by atoms with van der Waals surface area (Å²) in [4.78, 5) is 15.7. The van der Waals surface area contributed by atoms with Crippen molar-refractivity contribution in [2.24, 2.45) is 5.92 Å². The van der Waals surface area contributed by atoms with Gasteiger partial charge in [0, 0.05) is 25.5 Å². The van der Waals surface area contributed by atoms with Crippen LogP contribution < -0.4 is 10.6 Å². The number of rotatable bonds is 4. The number of carbonyl (C=O) groups excluding carboxylic acids is 1. The Labute approximate surface area is 95.2 Å². The molecule has 0 saturated carbocycles. The minimum absolute atomic E-state index is 0.0113. The van der Waals surface area contributed by atoms with Crippen LogP contribution in [0.4, 0.5) is 0 Å². The van der Waals surface area contributed by atoms with Gasteiger partial charge in [-0.2, -0.15) is 0 Å². The average molecular weight is 222 g/mol. The number of amides is 1. The molecular weight excluding hydrogens is 204 g/mol. The normalized spacial score (nSPS) is 24.6. The summed E-state index contributed by atoms with van der Waals surface area (Å²) in [6.45, 7) is 4.48. The van der Waals surface area contributed by atoms with Gasteiger partial charge in [-0.25, -0.2) is 4.98 Å². The highest BCUT2D eigenvalue weighted by molar-refractivity contribution is 5.82. The van der Waals surface area contributed by atoms with E-state index in [1.54, 1.807) is 12.5 Å². The molecule has 0 aliphatic carbocycles. The standard InChI is InChI=1S/C11H18N4O/c1-9-2-3-13-10(9)11(16)14-5-7-15-6-4-12-8-15/h4,6,8-10,13H,2-3,5,7H2,1H3,(H,14,16). The lowest BCUT2D eigenvalue weighted by Crippen LogP contribution is -2.44. The number of carbonyl (C=O) groups is 1. The van der Waals surface area contributed by atoms with Crippen LogP contribution in [0.2, 0.25) is 0 Å². The molecule has 16 heavy (non-hydrogen) atoms. The van der Waals surface area contributed by atoms with Crippen LogP contribution in [0.1, 0.15) is 13.3 Å². The topological polar surface area (TPSA) is 59.0 Å². The highest BCUT2D eigenvalue weighted by Gasteiger charge is 2.28. The molecule has 5 nitrogen and oxygen atoms in total. The first-order valence-corrected chi connectivity index (χ1v) is 5.74. The average Bonchev–Trinajstić information content (AvgIpc) is 2.88. The fourth-order valence-corrected chi connectivity index (χ4v) is 2.02. The summed E-state index contributed by atoms with van der Waals surface area (Å²) in [5.41, 5.74) is 0. The summed E-state index contributed by atoms with van der Waals surface area (Å²) in [5, 5.41) is 6.16. The van der Waals surface area contributed by atoms with Gasteiger partial charge in [-0.05, 0) is 18.9 Å². The third-order valence-electron chi connectivity index (χ3n) is 3.04. The molecule has 2 heterocycles. The van der Waals surface area contributed by atoms with E-state index in [-0.39, 0.29) is 11.9 Å². The van der Waals surface area contributed by atoms with Gasteiger partial charge in [0.1, 0.15) is 0 Å². The molecule has 2 atom stereocenters. The predicted molar refractivity (Wildman–Crippen MR) is 60.8 cm³/mol. The van der Waals surface area contributed by atoms with Crippen LogP contribution in [0.5, 0.6) is 0 Å². The number of imidazole rings is 1. The molecule has 1 amide bonds. The lowest BCUT2D eigenvalue weighted by molar-refractivity contribution is -0.123. The van der Waals surface area contributed by atoms with Crippen molar-refractivity contribution < 1.29 is 4.79 Å². The maximum Gasteiger partial charge on any atom is 0.237 e. The molecule has 1 aliphatic heterocycles. The molecule has 2 N–H and O–H groups in total. The van der Waals surface area contributed by atoms with E-state index in [1.807, 2.05) is 10.8 Å². The van der Waals surface area contributed by atoms with Crippen molar-refractivity contribution in [3.8, 4) is 0 Å². The smallest absolute Gasteiger partial charge is 0.237 e. The lowest BCUT2D eigenvalue weighted by Gasteiger charge is -2.15. The van der Waals surface area contributed by atoms with E-state index in [4.69, 9.17) is 0 Å². The second-order valence-corrected chi connectivity index (χ2v) is 4.29. The Morgan fingerprint density at radius 3 is 3.19 bits per heavy atom. The molecule has 1 aromatic rings. The van der Waals surface area contributed by atoms with Gasteiger partial charge in [0.15, 0.2) is 0 Å². The highest BCUT2D eigenvalue weighted by Crippen LogP contribution is 2.13. The van der Waals surface area contributed by atoms with Crippen LogP contribution in [0.3, 0.4) is 0 Å². The Kier molecular flexibility index (Phi) is 3.56. The van der Waals surface area contributed by atoms with Crippen molar-refractivity contribution >= 4 is 5.91 Å². The zero-order valence-corrected chi connectivity index (χ0v) is 9.52. The van der Waals surface area contributed by atoms with Crippen LogP contribution in [-0.4, -0.2) is 34.6 Å². The van der Waals surface area contributed by atoms with Crippen LogP contribution in [0.15, 0.2) is 18.7 Å². The maximum atomic E-state index is 11.8. The molecule has 1 aliphatic rings. The number of nitrogens with one attached hydrogen (secondary N) is 2. The predicted octanol–water partition coefficient (Wildman–Crippen LogP) is -0.00270. The van der Waals surface area contributed by atoms with Crippen molar-refractivity contribution in [2.45, 2.75) is 25.9 Å². The molecule has 2 unspecified atom stereocenters. The van der Waals surface area contributed by atoms with Gasteiger partial charge >= 0.3 is 0 Å². The first kappa shape index (κ1) is 11.1. The summed E-state index contributed by atoms with van der Waals surface area (Å²) in [6, 6.07) is -0.0113. The van der Waals surface area contributed by atoms with Gasteiger partial charge in [0.2, 0.25) is 5.91 Å². The van der Waals surface area contributed by atoms with E-state index >= 15 is 0 Å². The fraction of sp³-hybridized carbons (Fsp3) is 0.636. The van der Waals surface area contributed by atoms with Crippen LogP contribution in [-0.2, 0) is 11.3 Å². The maximum absolute atomic E-state index is 11.8. The third kappa shape index (κ3) is 2.61. The molecule has 1 saturated heterocycles. The first-order valence-electron chi connectivity index (χ1n) is 5.74. The lowest BCUT2D eigenvalue weighted by atomic mass is 10.0. The second kappa shape index (κ2) is 5.12. The number of nitrogens with zero attached hydrogens (tertiary/aromatic N) is 2. The van der Waals surface area contributed by atoms with Gasteiger partial charge < -0.3 is 15.2 Å². The highest BCUT2D eigenvalue weighted by atomic mass is 16.2. The monoisotopic (exact) mass is 222 g/mol. The van der Waals surface area contributed by atoms with E-state index in [2.05, 4.69) is 22.5 Å². The molecule has 1 aromatic heterocycles. The first-order chi connectivity index (χ1) is 7.77. The minimum atomic E-state index is -0.0113. The van der Waals surface area contributed by atoms with E-state index in [0.717, 1.165) is 19.5 Å². The van der Waals surface area contributed by atoms with Gasteiger partial charge in [0.05, 0.1) is 12.4 Å². The minimum Gasteiger partial charge on any atom is -0.353 e.